The van der Waals surface area contributed by atoms with Crippen LogP contribution in [0.15, 0.2) is 68.6 Å². The summed E-state index contributed by atoms with van der Waals surface area (Å²) in [6, 6.07) is 14.7. The third-order valence-corrected chi connectivity index (χ3v) is 6.03. The first-order valence-corrected chi connectivity index (χ1v) is 11.6. The molecule has 0 aromatic heterocycles. The van der Waals surface area contributed by atoms with Gasteiger partial charge in [-0.2, -0.15) is 5.10 Å². The molecule has 0 saturated carbocycles. The summed E-state index contributed by atoms with van der Waals surface area (Å²) in [4.78, 5) is 12.1. The van der Waals surface area contributed by atoms with E-state index in [1.54, 1.807) is 30.3 Å². The molecule has 0 bridgehead atoms. The minimum atomic E-state index is -0.464. The summed E-state index contributed by atoms with van der Waals surface area (Å²) in [5.41, 5.74) is 5.62. The Morgan fingerprint density at radius 2 is 1.76 bits per heavy atom. The number of hydrazone groups is 1. The van der Waals surface area contributed by atoms with Crippen LogP contribution in [0.1, 0.15) is 23.6 Å². The van der Waals surface area contributed by atoms with Crippen LogP contribution in [-0.4, -0.2) is 18.9 Å². The Morgan fingerprint density at radius 3 is 2.45 bits per heavy atom. The number of carbonyl (C=O) groups excluding carboxylic acids is 1. The first-order valence-electron chi connectivity index (χ1n) is 10.1. The predicted octanol–water partition coefficient (Wildman–Crippen LogP) is 6.79. The molecule has 3 rings (SSSR count). The first-order chi connectivity index (χ1) is 15.9. The zero-order chi connectivity index (χ0) is 23.8. The molecule has 9 heteroatoms. The fourth-order valence-corrected chi connectivity index (χ4v) is 3.49. The van der Waals surface area contributed by atoms with Gasteiger partial charge in [0.1, 0.15) is 12.4 Å². The van der Waals surface area contributed by atoms with Crippen molar-refractivity contribution < 1.29 is 18.7 Å². The van der Waals surface area contributed by atoms with E-state index in [-0.39, 0.29) is 12.4 Å². The number of benzene rings is 3. The van der Waals surface area contributed by atoms with E-state index in [1.165, 1.54) is 18.3 Å². The molecule has 0 fully saturated rings. The van der Waals surface area contributed by atoms with Crippen molar-refractivity contribution >= 4 is 49.8 Å². The second kappa shape index (κ2) is 11.8. The number of aryl methyl sites for hydroxylation is 1. The van der Waals surface area contributed by atoms with E-state index in [9.17, 15) is 9.18 Å². The van der Waals surface area contributed by atoms with Crippen LogP contribution >= 0.6 is 31.9 Å². The van der Waals surface area contributed by atoms with Crippen LogP contribution in [0.2, 0.25) is 0 Å². The number of rotatable bonds is 8. The second-order valence-electron chi connectivity index (χ2n) is 6.96. The number of nitrogens with zero attached hydrogens (tertiary/aromatic N) is 1. The molecule has 0 spiro atoms. The van der Waals surface area contributed by atoms with Crippen molar-refractivity contribution in [1.29, 1.82) is 0 Å². The van der Waals surface area contributed by atoms with Crippen LogP contribution < -0.4 is 20.2 Å². The lowest BCUT2D eigenvalue weighted by Gasteiger charge is -2.14. The average molecular weight is 579 g/mol. The minimum absolute atomic E-state index is 0.261. The predicted molar refractivity (Wildman–Crippen MR) is 135 cm³/mol. The quantitative estimate of drug-likeness (QED) is 0.228. The third kappa shape index (κ3) is 7.30. The highest BCUT2D eigenvalue weighted by atomic mass is 79.9. The Morgan fingerprint density at radius 1 is 1.03 bits per heavy atom. The number of anilines is 1. The normalized spacial score (nSPS) is 10.8. The van der Waals surface area contributed by atoms with E-state index in [2.05, 4.69) is 47.7 Å². The third-order valence-electron chi connectivity index (χ3n) is 4.46. The molecule has 0 saturated heterocycles. The molecule has 0 radical (unpaired) electrons. The van der Waals surface area contributed by atoms with Crippen LogP contribution in [0.3, 0.4) is 0 Å². The monoisotopic (exact) mass is 577 g/mol. The van der Waals surface area contributed by atoms with Gasteiger partial charge in [0.15, 0.2) is 11.5 Å². The van der Waals surface area contributed by atoms with Crippen LogP contribution in [0.5, 0.6) is 11.5 Å². The highest BCUT2D eigenvalue weighted by molar-refractivity contribution is 9.10. The first kappa shape index (κ1) is 24.7. The van der Waals surface area contributed by atoms with Gasteiger partial charge in [-0.25, -0.2) is 14.6 Å². The maximum Gasteiger partial charge on any atom is 0.339 e. The summed E-state index contributed by atoms with van der Waals surface area (Å²) in [5, 5.41) is 6.74. The van der Waals surface area contributed by atoms with Crippen molar-refractivity contribution in [2.24, 2.45) is 5.10 Å². The van der Waals surface area contributed by atoms with Gasteiger partial charge >= 0.3 is 6.03 Å². The van der Waals surface area contributed by atoms with E-state index in [1.807, 2.05) is 26.0 Å². The van der Waals surface area contributed by atoms with Gasteiger partial charge in [-0.3, -0.25) is 0 Å². The van der Waals surface area contributed by atoms with Crippen LogP contribution in [0.4, 0.5) is 14.9 Å². The maximum atomic E-state index is 13.1. The van der Waals surface area contributed by atoms with Crippen molar-refractivity contribution in [3.05, 3.63) is 86.1 Å². The lowest BCUT2D eigenvalue weighted by Crippen LogP contribution is -2.24. The summed E-state index contributed by atoms with van der Waals surface area (Å²) in [6.45, 7) is 4.51. The second-order valence-corrected chi connectivity index (χ2v) is 8.67. The van der Waals surface area contributed by atoms with Gasteiger partial charge in [0.25, 0.3) is 0 Å². The smallest absolute Gasteiger partial charge is 0.339 e. The lowest BCUT2D eigenvalue weighted by atomic mass is 10.2. The van der Waals surface area contributed by atoms with E-state index in [0.717, 1.165) is 15.6 Å². The Labute approximate surface area is 208 Å². The number of ether oxygens (including phenoxy) is 2. The SMILES string of the molecule is CCOc1cc(/C=N/NC(=O)Nc2ccc(Br)c(C)c2)c(Br)cc1OCc1ccc(F)cc1. The standard InChI is InChI=1S/C24H22Br2FN3O3/c1-3-32-22-11-17(13-28-30-24(31)29-19-8-9-20(25)15(2)10-19)21(26)12-23(22)33-14-16-4-6-18(27)7-5-16/h4-13H,3,14H2,1-2H3,(H2,29,30,31)/b28-13+. The summed E-state index contributed by atoms with van der Waals surface area (Å²) in [6.07, 6.45) is 1.50. The Hall–Kier alpha value is -2.91. The molecule has 2 amide bonds. The number of amides is 2. The fourth-order valence-electron chi connectivity index (χ4n) is 2.81. The maximum absolute atomic E-state index is 13.1. The minimum Gasteiger partial charge on any atom is -0.490 e. The van der Waals surface area contributed by atoms with E-state index in [4.69, 9.17) is 9.47 Å². The lowest BCUT2D eigenvalue weighted by molar-refractivity contribution is 0.252. The van der Waals surface area contributed by atoms with Gasteiger partial charge < -0.3 is 14.8 Å². The molecular formula is C24H22Br2FN3O3. The van der Waals surface area contributed by atoms with Crippen LogP contribution in [-0.2, 0) is 6.61 Å². The molecule has 0 atom stereocenters. The molecule has 6 nitrogen and oxygen atoms in total. The molecule has 3 aromatic rings. The number of halogens is 3. The van der Waals surface area contributed by atoms with Gasteiger partial charge in [0, 0.05) is 20.2 Å². The Kier molecular flexibility index (Phi) is 8.85. The molecule has 3 aromatic carbocycles. The Bertz CT molecular complexity index is 1150. The fraction of sp³-hybridized carbons (Fsp3) is 0.167. The van der Waals surface area contributed by atoms with Crippen molar-refractivity contribution in [2.75, 3.05) is 11.9 Å². The van der Waals surface area contributed by atoms with Gasteiger partial charge in [-0.15, -0.1) is 0 Å². The number of hydrogen-bond acceptors (Lipinski definition) is 4. The van der Waals surface area contributed by atoms with Crippen molar-refractivity contribution in [3.63, 3.8) is 0 Å². The number of hydrogen-bond donors (Lipinski definition) is 2. The van der Waals surface area contributed by atoms with E-state index >= 15 is 0 Å². The van der Waals surface area contributed by atoms with Gasteiger partial charge in [0.2, 0.25) is 0 Å². The summed E-state index contributed by atoms with van der Waals surface area (Å²) in [7, 11) is 0. The van der Waals surface area contributed by atoms with E-state index in [0.29, 0.717) is 33.8 Å². The van der Waals surface area contributed by atoms with Crippen LogP contribution in [0, 0.1) is 12.7 Å². The zero-order valence-electron chi connectivity index (χ0n) is 18.0. The highest BCUT2D eigenvalue weighted by Gasteiger charge is 2.11. The summed E-state index contributed by atoms with van der Waals surface area (Å²) in [5.74, 6) is 0.759. The summed E-state index contributed by atoms with van der Waals surface area (Å²) >= 11 is 6.92. The number of carbonyl (C=O) groups is 1. The number of nitrogens with one attached hydrogen (secondary N) is 2. The average Bonchev–Trinajstić information content (AvgIpc) is 2.78. The highest BCUT2D eigenvalue weighted by Crippen LogP contribution is 2.34. The Balaban J connectivity index is 1.65. The molecule has 2 N–H and O–H groups in total. The zero-order valence-corrected chi connectivity index (χ0v) is 21.2. The molecule has 0 heterocycles. The molecule has 0 aliphatic heterocycles. The van der Waals surface area contributed by atoms with Crippen LogP contribution in [0.25, 0.3) is 0 Å². The molecule has 0 unspecified atom stereocenters. The van der Waals surface area contributed by atoms with Gasteiger partial charge in [-0.1, -0.05) is 28.1 Å². The van der Waals surface area contributed by atoms with E-state index < -0.39 is 6.03 Å². The molecule has 33 heavy (non-hydrogen) atoms. The molecule has 172 valence electrons. The van der Waals surface area contributed by atoms with Gasteiger partial charge in [0.05, 0.1) is 12.8 Å². The number of urea groups is 1. The molecular weight excluding hydrogens is 557 g/mol. The molecule has 0 aliphatic carbocycles. The molecule has 0 aliphatic rings. The van der Waals surface area contributed by atoms with Crippen molar-refractivity contribution in [2.45, 2.75) is 20.5 Å². The topological polar surface area (TPSA) is 72.0 Å². The summed E-state index contributed by atoms with van der Waals surface area (Å²) < 4.78 is 26.3. The van der Waals surface area contributed by atoms with Gasteiger partial charge in [-0.05, 0) is 83.4 Å². The van der Waals surface area contributed by atoms with Crippen molar-refractivity contribution in [1.82, 2.24) is 5.43 Å². The van der Waals surface area contributed by atoms with Crippen molar-refractivity contribution in [3.8, 4) is 11.5 Å². The largest absolute Gasteiger partial charge is 0.490 e.